The lowest BCUT2D eigenvalue weighted by Crippen LogP contribution is -2.62. The van der Waals surface area contributed by atoms with Crippen LogP contribution in [0.2, 0.25) is 16.6 Å². The monoisotopic (exact) mass is 574 g/mol. The number of hydrogen-bond acceptors (Lipinski definition) is 11. The first-order valence-corrected chi connectivity index (χ1v) is 15.7. The first-order valence-electron chi connectivity index (χ1n) is 13.6. The molecule has 0 radical (unpaired) electrons. The van der Waals surface area contributed by atoms with Crippen LogP contribution in [-0.2, 0) is 47.2 Å². The normalized spacial score (nSPS) is 31.2. The highest BCUT2D eigenvalue weighted by molar-refractivity contribution is 6.77. The second-order valence-corrected chi connectivity index (χ2v) is 16.6. The second-order valence-electron chi connectivity index (χ2n) is 11.2. The Balaban J connectivity index is 2.27. The number of esters is 3. The maximum atomic E-state index is 12.0. The quantitative estimate of drug-likeness (QED) is 0.221. The Morgan fingerprint density at radius 2 is 1.33 bits per heavy atom. The number of carbonyl (C=O) groups excluding carboxylic acids is 3. The van der Waals surface area contributed by atoms with Crippen molar-refractivity contribution in [3.8, 4) is 0 Å². The van der Waals surface area contributed by atoms with Gasteiger partial charge in [0.05, 0.1) is 19.0 Å². The summed E-state index contributed by atoms with van der Waals surface area (Å²) in [6, 6.07) is 0. The van der Waals surface area contributed by atoms with Crippen LogP contribution >= 0.6 is 0 Å². The molecule has 0 unspecified atom stereocenters. The van der Waals surface area contributed by atoms with Gasteiger partial charge in [-0.2, -0.15) is 0 Å². The van der Waals surface area contributed by atoms with Crippen LogP contribution in [0.4, 0.5) is 0 Å². The highest BCUT2D eigenvalue weighted by Gasteiger charge is 2.52. The molecule has 0 saturated carbocycles. The maximum Gasteiger partial charge on any atom is 0.303 e. The minimum atomic E-state index is -2.22. The molecule has 2 aliphatic heterocycles. The van der Waals surface area contributed by atoms with Gasteiger partial charge in [0, 0.05) is 20.8 Å². The summed E-state index contributed by atoms with van der Waals surface area (Å²) in [6.07, 6.45) is -5.36. The predicted octanol–water partition coefficient (Wildman–Crippen LogP) is 3.38. The fourth-order valence-electron chi connectivity index (χ4n) is 5.85. The van der Waals surface area contributed by atoms with Gasteiger partial charge in [-0.3, -0.25) is 14.4 Å². The van der Waals surface area contributed by atoms with Gasteiger partial charge < -0.3 is 38.0 Å². The van der Waals surface area contributed by atoms with Crippen LogP contribution in [0.15, 0.2) is 12.3 Å². The van der Waals surface area contributed by atoms with Crippen molar-refractivity contribution in [3.63, 3.8) is 0 Å². The van der Waals surface area contributed by atoms with Gasteiger partial charge in [-0.05, 0) is 29.6 Å². The lowest BCUT2D eigenvalue weighted by Gasteiger charge is -2.45. The van der Waals surface area contributed by atoms with E-state index in [1.165, 1.54) is 33.1 Å². The van der Waals surface area contributed by atoms with Crippen LogP contribution < -0.4 is 0 Å². The molecule has 0 spiro atoms. The molecule has 1 saturated heterocycles. The Bertz CT molecular complexity index is 852. The molecule has 224 valence electrons. The van der Waals surface area contributed by atoms with Crippen LogP contribution in [0.3, 0.4) is 0 Å². The zero-order chi connectivity index (χ0) is 29.7. The van der Waals surface area contributed by atoms with Crippen molar-refractivity contribution in [1.82, 2.24) is 0 Å². The Labute approximate surface area is 232 Å². The Hall–Kier alpha value is -1.99. The van der Waals surface area contributed by atoms with Crippen molar-refractivity contribution in [2.24, 2.45) is 0 Å². The summed E-state index contributed by atoms with van der Waals surface area (Å²) in [5.41, 5.74) is 1.06. The van der Waals surface area contributed by atoms with Gasteiger partial charge in [-0.15, -0.1) is 0 Å². The maximum absolute atomic E-state index is 12.0. The van der Waals surface area contributed by atoms with E-state index in [-0.39, 0.29) is 6.61 Å². The SMILES string of the molecule is CC(=O)O[C@@H]1[C@@H](OC(C)=O)[C@H](C)O[C@@H](O[C@@H]2C=CO[C@H](CO[Si](C(C)C)(C(C)C)C(C)C)[C@@H]2O)[C@@H]1OC(C)=O. The molecule has 0 aromatic heterocycles. The van der Waals surface area contributed by atoms with E-state index in [1.54, 1.807) is 6.92 Å². The number of rotatable bonds is 11. The lowest BCUT2D eigenvalue weighted by atomic mass is 9.98. The Morgan fingerprint density at radius 3 is 1.82 bits per heavy atom. The van der Waals surface area contributed by atoms with Crippen molar-refractivity contribution in [3.05, 3.63) is 12.3 Å². The average molecular weight is 575 g/mol. The van der Waals surface area contributed by atoms with Gasteiger partial charge in [0.15, 0.2) is 24.6 Å². The highest BCUT2D eigenvalue weighted by Crippen LogP contribution is 2.42. The van der Waals surface area contributed by atoms with E-state index in [9.17, 15) is 19.5 Å². The van der Waals surface area contributed by atoms with Crippen molar-refractivity contribution in [2.75, 3.05) is 6.61 Å². The number of ether oxygens (including phenoxy) is 6. The molecule has 12 heteroatoms. The van der Waals surface area contributed by atoms with E-state index in [1.807, 2.05) is 0 Å². The summed E-state index contributed by atoms with van der Waals surface area (Å²) in [7, 11) is -2.22. The molecular weight excluding hydrogens is 528 g/mol. The Kier molecular flexibility index (Phi) is 12.0. The number of carbonyl (C=O) groups is 3. The standard InChI is InChI=1S/C27H46O11Si/c1-14(2)39(15(3)4,16(5)6)33-13-22-23(31)21(11-12-32-22)38-27-26(37-20(10)30)25(36-19(9)29)24(17(7)34-27)35-18(8)28/h11-12,14-17,21-27,31H,13H2,1-10H3/t17-,21+,22+,23+,24-,25+,26+,27-/m0/s1. The van der Waals surface area contributed by atoms with Crippen LogP contribution in [0.5, 0.6) is 0 Å². The van der Waals surface area contributed by atoms with E-state index in [2.05, 4.69) is 41.5 Å². The third-order valence-electron chi connectivity index (χ3n) is 7.37. The van der Waals surface area contributed by atoms with E-state index in [4.69, 9.17) is 32.8 Å². The minimum absolute atomic E-state index is 0.173. The van der Waals surface area contributed by atoms with Crippen molar-refractivity contribution in [1.29, 1.82) is 0 Å². The van der Waals surface area contributed by atoms with Gasteiger partial charge in [0.1, 0.15) is 18.3 Å². The van der Waals surface area contributed by atoms with Crippen molar-refractivity contribution in [2.45, 2.75) is 135 Å². The van der Waals surface area contributed by atoms with E-state index < -0.39 is 75.2 Å². The van der Waals surface area contributed by atoms with E-state index in [0.717, 1.165) is 0 Å². The molecule has 2 rings (SSSR count). The molecule has 0 bridgehead atoms. The molecule has 2 heterocycles. The molecular formula is C27H46O11Si. The van der Waals surface area contributed by atoms with Gasteiger partial charge in [0.2, 0.25) is 8.32 Å². The molecule has 0 aliphatic carbocycles. The van der Waals surface area contributed by atoms with E-state index >= 15 is 0 Å². The van der Waals surface area contributed by atoms with Crippen molar-refractivity contribution >= 4 is 26.2 Å². The molecule has 2 aliphatic rings. The summed E-state index contributed by atoms with van der Waals surface area (Å²) in [6.45, 7) is 18.4. The van der Waals surface area contributed by atoms with Gasteiger partial charge in [-0.25, -0.2) is 0 Å². The summed E-state index contributed by atoms with van der Waals surface area (Å²) >= 11 is 0. The van der Waals surface area contributed by atoms with Crippen LogP contribution in [-0.4, -0.2) is 87.0 Å². The topological polar surface area (TPSA) is 136 Å². The molecule has 8 atom stereocenters. The number of hydrogen-bond donors (Lipinski definition) is 1. The molecule has 11 nitrogen and oxygen atoms in total. The molecule has 0 amide bonds. The fraction of sp³-hybridized carbons (Fsp3) is 0.815. The first kappa shape index (κ1) is 33.2. The summed E-state index contributed by atoms with van der Waals surface area (Å²) in [5, 5.41) is 11.2. The first-order chi connectivity index (χ1) is 18.1. The molecule has 1 fully saturated rings. The molecule has 0 aromatic rings. The van der Waals surface area contributed by atoms with Crippen molar-refractivity contribution < 1.29 is 52.3 Å². The fourth-order valence-corrected chi connectivity index (χ4v) is 11.3. The zero-order valence-corrected chi connectivity index (χ0v) is 25.7. The number of aliphatic hydroxyl groups is 1. The largest absolute Gasteiger partial charge is 0.493 e. The van der Waals surface area contributed by atoms with Gasteiger partial charge >= 0.3 is 17.9 Å². The third-order valence-corrected chi connectivity index (χ3v) is 13.4. The second kappa shape index (κ2) is 14.1. The third kappa shape index (κ3) is 8.03. The van der Waals surface area contributed by atoms with E-state index in [0.29, 0.717) is 16.6 Å². The number of aliphatic hydroxyl groups excluding tert-OH is 1. The Morgan fingerprint density at radius 1 is 0.846 bits per heavy atom. The highest BCUT2D eigenvalue weighted by atomic mass is 28.4. The summed E-state index contributed by atoms with van der Waals surface area (Å²) in [5.74, 6) is -1.97. The molecule has 39 heavy (non-hydrogen) atoms. The average Bonchev–Trinajstić information content (AvgIpc) is 2.79. The van der Waals surface area contributed by atoms with Crippen LogP contribution in [0, 0.1) is 0 Å². The minimum Gasteiger partial charge on any atom is -0.493 e. The zero-order valence-electron chi connectivity index (χ0n) is 24.7. The predicted molar refractivity (Wildman–Crippen MR) is 143 cm³/mol. The molecule has 1 N–H and O–H groups in total. The van der Waals surface area contributed by atoms with Gasteiger partial charge in [0.25, 0.3) is 0 Å². The van der Waals surface area contributed by atoms with Crippen LogP contribution in [0.1, 0.15) is 69.2 Å². The summed E-state index contributed by atoms with van der Waals surface area (Å²) in [4.78, 5) is 35.6. The van der Waals surface area contributed by atoms with Crippen LogP contribution in [0.25, 0.3) is 0 Å². The molecule has 0 aromatic carbocycles. The summed E-state index contributed by atoms with van der Waals surface area (Å²) < 4.78 is 40.6. The lowest BCUT2D eigenvalue weighted by molar-refractivity contribution is -0.314. The van der Waals surface area contributed by atoms with Gasteiger partial charge in [-0.1, -0.05) is 41.5 Å². The smallest absolute Gasteiger partial charge is 0.303 e.